The van der Waals surface area contributed by atoms with Gasteiger partial charge in [-0.3, -0.25) is 14.3 Å². The maximum Gasteiger partial charge on any atom is 0.173 e. The number of nitrogens with one attached hydrogen (secondary N) is 1. The van der Waals surface area contributed by atoms with Crippen LogP contribution >= 0.6 is 23.8 Å². The van der Waals surface area contributed by atoms with Crippen LogP contribution in [0.3, 0.4) is 0 Å². The fraction of sp³-hybridized carbons (Fsp3) is 0.458. The van der Waals surface area contributed by atoms with Crippen LogP contribution in [0.5, 0.6) is 0 Å². The van der Waals surface area contributed by atoms with Crippen molar-refractivity contribution in [2.75, 3.05) is 31.5 Å². The van der Waals surface area contributed by atoms with Crippen molar-refractivity contribution in [3.05, 3.63) is 63.4 Å². The van der Waals surface area contributed by atoms with Gasteiger partial charge in [0, 0.05) is 61.6 Å². The molecule has 0 atom stereocenters. The summed E-state index contributed by atoms with van der Waals surface area (Å²) in [5, 5.41) is 13.6. The van der Waals surface area contributed by atoms with Gasteiger partial charge < -0.3 is 10.2 Å². The highest BCUT2D eigenvalue weighted by Crippen LogP contribution is 2.25. The Hall–Kier alpha value is -2.49. The highest BCUT2D eigenvalue weighted by molar-refractivity contribution is 7.80. The summed E-state index contributed by atoms with van der Waals surface area (Å²) < 4.78 is 18.0. The van der Waals surface area contributed by atoms with Gasteiger partial charge in [-0.15, -0.1) is 0 Å². The Morgan fingerprint density at radius 3 is 2.47 bits per heavy atom. The fourth-order valence-electron chi connectivity index (χ4n) is 4.28. The average molecular weight is 504 g/mol. The number of halogens is 2. The summed E-state index contributed by atoms with van der Waals surface area (Å²) >= 11 is 11.9. The van der Waals surface area contributed by atoms with Crippen molar-refractivity contribution >= 4 is 34.6 Å². The van der Waals surface area contributed by atoms with Gasteiger partial charge >= 0.3 is 0 Å². The summed E-state index contributed by atoms with van der Waals surface area (Å²) in [7, 11) is 0. The van der Waals surface area contributed by atoms with Gasteiger partial charge in [0.2, 0.25) is 0 Å². The zero-order valence-corrected chi connectivity index (χ0v) is 21.7. The summed E-state index contributed by atoms with van der Waals surface area (Å²) in [6, 6.07) is 4.71. The summed E-state index contributed by atoms with van der Waals surface area (Å²) in [6.07, 6.45) is 2.14. The molecule has 0 unspecified atom stereocenters. The summed E-state index contributed by atoms with van der Waals surface area (Å²) in [4.78, 5) is 4.63. The van der Waals surface area contributed by atoms with Crippen molar-refractivity contribution in [1.29, 1.82) is 0 Å². The lowest BCUT2D eigenvalue weighted by Gasteiger charge is -2.36. The minimum atomic E-state index is -0.333. The predicted molar refractivity (Wildman–Crippen MR) is 138 cm³/mol. The first-order valence-corrected chi connectivity index (χ1v) is 12.3. The normalized spacial score (nSPS) is 14.6. The van der Waals surface area contributed by atoms with Gasteiger partial charge in [-0.25, -0.2) is 4.39 Å². The van der Waals surface area contributed by atoms with Crippen molar-refractivity contribution in [3.63, 3.8) is 0 Å². The number of nitrogens with zero attached hydrogens (tertiary/aromatic N) is 6. The molecule has 10 heteroatoms. The van der Waals surface area contributed by atoms with E-state index in [0.29, 0.717) is 15.7 Å². The fourth-order valence-corrected chi connectivity index (χ4v) is 4.78. The van der Waals surface area contributed by atoms with Crippen molar-refractivity contribution in [2.45, 2.75) is 47.3 Å². The molecular formula is C24H31ClFN7S. The molecule has 0 radical (unpaired) electrons. The van der Waals surface area contributed by atoms with E-state index in [1.54, 1.807) is 16.8 Å². The van der Waals surface area contributed by atoms with Crippen molar-refractivity contribution in [2.24, 2.45) is 0 Å². The average Bonchev–Trinajstić information content (AvgIpc) is 3.30. The molecule has 0 saturated carbocycles. The third kappa shape index (κ3) is 5.26. The van der Waals surface area contributed by atoms with Crippen LogP contribution in [0.2, 0.25) is 5.02 Å². The van der Waals surface area contributed by atoms with E-state index in [-0.39, 0.29) is 12.4 Å². The third-order valence-electron chi connectivity index (χ3n) is 6.41. The molecule has 182 valence electrons. The topological polar surface area (TPSA) is 54.1 Å². The molecule has 0 bridgehead atoms. The molecule has 3 heterocycles. The smallest absolute Gasteiger partial charge is 0.173 e. The summed E-state index contributed by atoms with van der Waals surface area (Å²) in [6.45, 7) is 13.7. The van der Waals surface area contributed by atoms with E-state index in [0.717, 1.165) is 62.0 Å². The third-order valence-corrected chi connectivity index (χ3v) is 7.12. The molecule has 1 aliphatic heterocycles. The first kappa shape index (κ1) is 24.6. The first-order valence-electron chi connectivity index (χ1n) is 11.5. The highest BCUT2D eigenvalue weighted by atomic mass is 35.5. The second-order valence-corrected chi connectivity index (χ2v) is 9.49. The number of thiocarbonyl (C=S) groups is 1. The standard InChI is InChI=1S/C24H31ClFN7S/c1-5-32-14-19(16(2)28-32)13-30-9-11-31(12-10-30)24(34)27-23-17(3)29-33(18(23)4)15-20-21(25)7-6-8-22(20)26/h6-8,14H,5,9-13,15H2,1-4H3,(H,27,34). The largest absolute Gasteiger partial charge is 0.346 e. The van der Waals surface area contributed by atoms with Gasteiger partial charge in [-0.05, 0) is 52.0 Å². The highest BCUT2D eigenvalue weighted by Gasteiger charge is 2.22. The van der Waals surface area contributed by atoms with Gasteiger partial charge in [0.1, 0.15) is 5.82 Å². The van der Waals surface area contributed by atoms with Crippen LogP contribution in [0.4, 0.5) is 10.1 Å². The van der Waals surface area contributed by atoms with Gasteiger partial charge in [0.25, 0.3) is 0 Å². The Balaban J connectivity index is 1.36. The van der Waals surface area contributed by atoms with Crippen LogP contribution in [-0.4, -0.2) is 60.7 Å². The lowest BCUT2D eigenvalue weighted by Crippen LogP contribution is -2.49. The van der Waals surface area contributed by atoms with Crippen molar-refractivity contribution < 1.29 is 4.39 Å². The monoisotopic (exact) mass is 503 g/mol. The minimum Gasteiger partial charge on any atom is -0.346 e. The zero-order valence-electron chi connectivity index (χ0n) is 20.1. The molecule has 0 aliphatic carbocycles. The number of piperazine rings is 1. The van der Waals surface area contributed by atoms with Crippen LogP contribution in [-0.2, 0) is 19.6 Å². The quantitative estimate of drug-likeness (QED) is 0.504. The zero-order chi connectivity index (χ0) is 24.4. The first-order chi connectivity index (χ1) is 16.3. The van der Waals surface area contributed by atoms with E-state index in [2.05, 4.69) is 45.4 Å². The van der Waals surface area contributed by atoms with Crippen LogP contribution in [0.15, 0.2) is 24.4 Å². The number of aryl methyl sites for hydroxylation is 3. The molecule has 1 aliphatic rings. The molecule has 7 nitrogen and oxygen atoms in total. The molecule has 34 heavy (non-hydrogen) atoms. The Morgan fingerprint density at radius 1 is 1.09 bits per heavy atom. The second-order valence-electron chi connectivity index (χ2n) is 8.69. The Kier molecular flexibility index (Phi) is 7.54. The number of aromatic nitrogens is 4. The number of rotatable bonds is 6. The van der Waals surface area contributed by atoms with Crippen LogP contribution in [0.25, 0.3) is 0 Å². The maximum atomic E-state index is 14.3. The Labute approximate surface area is 210 Å². The molecule has 4 rings (SSSR count). The molecule has 1 saturated heterocycles. The van der Waals surface area contributed by atoms with E-state index >= 15 is 0 Å². The van der Waals surface area contributed by atoms with E-state index in [1.807, 2.05) is 18.5 Å². The lowest BCUT2D eigenvalue weighted by atomic mass is 10.2. The SMILES string of the molecule is CCn1cc(CN2CCN(C(=S)Nc3c(C)nn(Cc4c(F)cccc4Cl)c3C)CC2)c(C)n1. The Morgan fingerprint density at radius 2 is 1.82 bits per heavy atom. The minimum absolute atomic E-state index is 0.263. The van der Waals surface area contributed by atoms with E-state index < -0.39 is 0 Å². The number of benzene rings is 1. The number of hydrogen-bond acceptors (Lipinski definition) is 4. The molecule has 1 aromatic carbocycles. The van der Waals surface area contributed by atoms with Crippen LogP contribution < -0.4 is 5.32 Å². The molecule has 0 amide bonds. The molecule has 0 spiro atoms. The number of hydrogen-bond donors (Lipinski definition) is 1. The summed E-state index contributed by atoms with van der Waals surface area (Å²) in [5.41, 5.74) is 5.38. The number of anilines is 1. The van der Waals surface area contributed by atoms with Gasteiger partial charge in [0.05, 0.1) is 29.3 Å². The molecule has 1 N–H and O–H groups in total. The van der Waals surface area contributed by atoms with Gasteiger partial charge in [-0.1, -0.05) is 17.7 Å². The maximum absolute atomic E-state index is 14.3. The molecule has 3 aromatic rings. The van der Waals surface area contributed by atoms with Gasteiger partial charge in [-0.2, -0.15) is 10.2 Å². The molecule has 1 fully saturated rings. The van der Waals surface area contributed by atoms with Crippen molar-refractivity contribution in [1.82, 2.24) is 29.4 Å². The van der Waals surface area contributed by atoms with Crippen LogP contribution in [0, 0.1) is 26.6 Å². The van der Waals surface area contributed by atoms with Crippen LogP contribution in [0.1, 0.15) is 35.1 Å². The van der Waals surface area contributed by atoms with Gasteiger partial charge in [0.15, 0.2) is 5.11 Å². The molecule has 2 aromatic heterocycles. The van der Waals surface area contributed by atoms with E-state index in [9.17, 15) is 4.39 Å². The van der Waals surface area contributed by atoms with E-state index in [1.165, 1.54) is 11.6 Å². The summed E-state index contributed by atoms with van der Waals surface area (Å²) in [5.74, 6) is -0.333. The molecular weight excluding hydrogens is 473 g/mol. The predicted octanol–water partition coefficient (Wildman–Crippen LogP) is 4.38. The lowest BCUT2D eigenvalue weighted by molar-refractivity contribution is 0.176. The second kappa shape index (κ2) is 10.4. The van der Waals surface area contributed by atoms with Crippen molar-refractivity contribution in [3.8, 4) is 0 Å². The van der Waals surface area contributed by atoms with E-state index in [4.69, 9.17) is 23.8 Å². The Bertz CT molecular complexity index is 1160.